The second kappa shape index (κ2) is 4.75. The Balaban J connectivity index is 2.22. The van der Waals surface area contributed by atoms with Crippen molar-refractivity contribution in [3.8, 4) is 11.8 Å². The summed E-state index contributed by atoms with van der Waals surface area (Å²) < 4.78 is 6.57. The third-order valence-electron chi connectivity index (χ3n) is 2.58. The molecule has 0 radical (unpaired) electrons. The Morgan fingerprint density at radius 1 is 1.41 bits per heavy atom. The number of ether oxygens (including phenoxy) is 1. The second-order valence-corrected chi connectivity index (χ2v) is 3.75. The summed E-state index contributed by atoms with van der Waals surface area (Å²) in [5.74, 6) is 5.44. The molecular formula is C14H13NO2. The highest BCUT2D eigenvalue weighted by Crippen LogP contribution is 2.15. The second-order valence-electron chi connectivity index (χ2n) is 3.75. The number of esters is 1. The van der Waals surface area contributed by atoms with E-state index in [1.54, 1.807) is 0 Å². The standard InChI is InChI=1S/C14H13NO2/c1-15-9-8-12-10-11(6-7-13(12)15)4-3-5-14(16)17-2/h6-10H,5H2,1-2H3. The number of benzene rings is 1. The van der Waals surface area contributed by atoms with E-state index in [2.05, 4.69) is 21.1 Å². The summed E-state index contributed by atoms with van der Waals surface area (Å²) in [6, 6.07) is 8.03. The van der Waals surface area contributed by atoms with Crippen molar-refractivity contribution in [2.75, 3.05) is 7.11 Å². The van der Waals surface area contributed by atoms with E-state index in [9.17, 15) is 4.79 Å². The molecule has 3 heteroatoms. The number of methoxy groups -OCH3 is 1. The molecule has 0 aliphatic heterocycles. The number of aromatic nitrogens is 1. The van der Waals surface area contributed by atoms with E-state index in [-0.39, 0.29) is 12.4 Å². The first kappa shape index (κ1) is 11.3. The molecule has 0 spiro atoms. The zero-order chi connectivity index (χ0) is 12.3. The third kappa shape index (κ3) is 2.48. The highest BCUT2D eigenvalue weighted by molar-refractivity contribution is 5.81. The Morgan fingerprint density at radius 2 is 2.24 bits per heavy atom. The van der Waals surface area contributed by atoms with Crippen LogP contribution < -0.4 is 0 Å². The van der Waals surface area contributed by atoms with E-state index in [4.69, 9.17) is 0 Å². The number of fused-ring (bicyclic) bond motifs is 1. The minimum atomic E-state index is -0.307. The molecule has 3 nitrogen and oxygen atoms in total. The van der Waals surface area contributed by atoms with Crippen LogP contribution in [0.2, 0.25) is 0 Å². The summed E-state index contributed by atoms with van der Waals surface area (Å²) in [7, 11) is 3.37. The van der Waals surface area contributed by atoms with Gasteiger partial charge in [-0.1, -0.05) is 11.8 Å². The predicted octanol–water partition coefficient (Wildman–Crippen LogP) is 2.09. The van der Waals surface area contributed by atoms with Crippen LogP contribution in [0, 0.1) is 11.8 Å². The van der Waals surface area contributed by atoms with Crippen molar-refractivity contribution < 1.29 is 9.53 Å². The number of hydrogen-bond donors (Lipinski definition) is 0. The molecule has 0 saturated carbocycles. The van der Waals surface area contributed by atoms with Crippen molar-refractivity contribution in [2.24, 2.45) is 7.05 Å². The molecule has 2 rings (SSSR count). The summed E-state index contributed by atoms with van der Waals surface area (Å²) in [5.41, 5.74) is 2.08. The van der Waals surface area contributed by atoms with E-state index in [1.807, 2.05) is 37.5 Å². The average molecular weight is 227 g/mol. The molecule has 0 unspecified atom stereocenters. The van der Waals surface area contributed by atoms with Crippen LogP contribution in [0.15, 0.2) is 30.5 Å². The fraction of sp³-hybridized carbons (Fsp3) is 0.214. The van der Waals surface area contributed by atoms with Gasteiger partial charge in [0, 0.05) is 29.7 Å². The Labute approximate surface area is 100.0 Å². The van der Waals surface area contributed by atoms with Gasteiger partial charge in [-0.25, -0.2) is 0 Å². The first-order chi connectivity index (χ1) is 8.20. The maximum atomic E-state index is 10.9. The van der Waals surface area contributed by atoms with Crippen molar-refractivity contribution in [3.63, 3.8) is 0 Å². The number of aryl methyl sites for hydroxylation is 1. The van der Waals surface area contributed by atoms with Gasteiger partial charge in [-0.3, -0.25) is 4.79 Å². The summed E-state index contributed by atoms with van der Waals surface area (Å²) in [5, 5.41) is 1.15. The molecule has 1 aromatic carbocycles. The van der Waals surface area contributed by atoms with Crippen LogP contribution in [-0.2, 0) is 16.6 Å². The van der Waals surface area contributed by atoms with Gasteiger partial charge in [0.25, 0.3) is 0 Å². The Hall–Kier alpha value is -2.21. The van der Waals surface area contributed by atoms with Crippen molar-refractivity contribution >= 4 is 16.9 Å². The lowest BCUT2D eigenvalue weighted by molar-refractivity contribution is -0.139. The lowest BCUT2D eigenvalue weighted by atomic mass is 10.1. The highest BCUT2D eigenvalue weighted by Gasteiger charge is 1.98. The van der Waals surface area contributed by atoms with E-state index in [0.29, 0.717) is 0 Å². The van der Waals surface area contributed by atoms with Crippen molar-refractivity contribution in [3.05, 3.63) is 36.0 Å². The largest absolute Gasteiger partial charge is 0.468 e. The number of nitrogens with zero attached hydrogens (tertiary/aromatic N) is 1. The van der Waals surface area contributed by atoms with E-state index in [0.717, 1.165) is 10.9 Å². The number of hydrogen-bond acceptors (Lipinski definition) is 2. The minimum absolute atomic E-state index is 0.128. The lowest BCUT2D eigenvalue weighted by Crippen LogP contribution is -1.96. The highest BCUT2D eigenvalue weighted by atomic mass is 16.5. The van der Waals surface area contributed by atoms with E-state index < -0.39 is 0 Å². The molecule has 17 heavy (non-hydrogen) atoms. The Bertz CT molecular complexity index is 614. The zero-order valence-electron chi connectivity index (χ0n) is 9.86. The van der Waals surface area contributed by atoms with Crippen molar-refractivity contribution in [1.29, 1.82) is 0 Å². The van der Waals surface area contributed by atoms with Gasteiger partial charge >= 0.3 is 5.97 Å². The van der Waals surface area contributed by atoms with Gasteiger partial charge in [0.2, 0.25) is 0 Å². The molecule has 0 atom stereocenters. The minimum Gasteiger partial charge on any atom is -0.468 e. The molecule has 0 fully saturated rings. The summed E-state index contributed by atoms with van der Waals surface area (Å²) in [4.78, 5) is 10.9. The van der Waals surface area contributed by atoms with Gasteiger partial charge < -0.3 is 9.30 Å². The Kier molecular flexibility index (Phi) is 3.15. The number of carbonyl (C=O) groups excluding carboxylic acids is 1. The third-order valence-corrected chi connectivity index (χ3v) is 2.58. The summed E-state index contributed by atoms with van der Waals surface area (Å²) in [6.45, 7) is 0. The normalized spacial score (nSPS) is 9.76. The van der Waals surface area contributed by atoms with Crippen LogP contribution in [-0.4, -0.2) is 17.6 Å². The van der Waals surface area contributed by atoms with Crippen molar-refractivity contribution in [1.82, 2.24) is 4.57 Å². The van der Waals surface area contributed by atoms with Gasteiger partial charge in [-0.05, 0) is 24.3 Å². The zero-order valence-corrected chi connectivity index (χ0v) is 9.86. The van der Waals surface area contributed by atoms with E-state index in [1.165, 1.54) is 12.6 Å². The first-order valence-corrected chi connectivity index (χ1v) is 5.31. The van der Waals surface area contributed by atoms with Gasteiger partial charge in [0.1, 0.15) is 6.42 Å². The smallest absolute Gasteiger partial charge is 0.317 e. The summed E-state index contributed by atoms with van der Waals surface area (Å²) in [6.07, 6.45) is 2.14. The molecule has 0 saturated heterocycles. The van der Waals surface area contributed by atoms with Crippen LogP contribution in [0.1, 0.15) is 12.0 Å². The van der Waals surface area contributed by atoms with E-state index >= 15 is 0 Å². The monoisotopic (exact) mass is 227 g/mol. The lowest BCUT2D eigenvalue weighted by Gasteiger charge is -1.96. The first-order valence-electron chi connectivity index (χ1n) is 5.31. The maximum absolute atomic E-state index is 10.9. The quantitative estimate of drug-likeness (QED) is 0.552. The maximum Gasteiger partial charge on any atom is 0.317 e. The fourth-order valence-corrected chi connectivity index (χ4v) is 1.65. The molecule has 0 bridgehead atoms. The molecule has 1 heterocycles. The van der Waals surface area contributed by atoms with Crippen LogP contribution in [0.5, 0.6) is 0 Å². The van der Waals surface area contributed by atoms with Gasteiger partial charge in [-0.2, -0.15) is 0 Å². The molecule has 0 aliphatic rings. The number of rotatable bonds is 1. The Morgan fingerprint density at radius 3 is 3.00 bits per heavy atom. The molecule has 2 aromatic rings. The molecule has 0 N–H and O–H groups in total. The molecule has 1 aromatic heterocycles. The van der Waals surface area contributed by atoms with Crippen LogP contribution in [0.4, 0.5) is 0 Å². The number of carbonyl (C=O) groups is 1. The predicted molar refractivity (Wildman–Crippen MR) is 66.4 cm³/mol. The van der Waals surface area contributed by atoms with Crippen LogP contribution >= 0.6 is 0 Å². The molecule has 86 valence electrons. The van der Waals surface area contributed by atoms with Crippen LogP contribution in [0.25, 0.3) is 10.9 Å². The SMILES string of the molecule is COC(=O)CC#Cc1ccc2c(ccn2C)c1. The van der Waals surface area contributed by atoms with Crippen LogP contribution in [0.3, 0.4) is 0 Å². The van der Waals surface area contributed by atoms with Gasteiger partial charge in [0.05, 0.1) is 7.11 Å². The molecular weight excluding hydrogens is 214 g/mol. The van der Waals surface area contributed by atoms with Gasteiger partial charge in [0.15, 0.2) is 0 Å². The summed E-state index contributed by atoms with van der Waals surface area (Å²) >= 11 is 0. The molecule has 0 aliphatic carbocycles. The van der Waals surface area contributed by atoms with Crippen molar-refractivity contribution in [2.45, 2.75) is 6.42 Å². The average Bonchev–Trinajstić information content (AvgIpc) is 2.70. The molecule has 0 amide bonds. The fourth-order valence-electron chi connectivity index (χ4n) is 1.65. The van der Waals surface area contributed by atoms with Gasteiger partial charge in [-0.15, -0.1) is 0 Å². The topological polar surface area (TPSA) is 31.2 Å².